The molecule has 4 rings (SSSR count). The molecule has 0 fully saturated rings. The number of H-pyrrole nitrogens is 1. The summed E-state index contributed by atoms with van der Waals surface area (Å²) in [4.78, 5) is 3.71. The van der Waals surface area contributed by atoms with Gasteiger partial charge in [0.15, 0.2) is 11.5 Å². The summed E-state index contributed by atoms with van der Waals surface area (Å²) < 4.78 is 10.9. The number of aromatic amines is 1. The third-order valence-corrected chi connectivity index (χ3v) is 5.82. The second-order valence-corrected chi connectivity index (χ2v) is 7.38. The Kier molecular flexibility index (Phi) is 4.83. The van der Waals surface area contributed by atoms with Crippen LogP contribution in [-0.4, -0.2) is 25.7 Å². The van der Waals surface area contributed by atoms with Crippen molar-refractivity contribution >= 4 is 10.9 Å². The van der Waals surface area contributed by atoms with Gasteiger partial charge in [0.2, 0.25) is 0 Å². The minimum Gasteiger partial charge on any atom is -0.493 e. The summed E-state index contributed by atoms with van der Waals surface area (Å²) in [5.41, 5.74) is 6.63. The van der Waals surface area contributed by atoms with Crippen molar-refractivity contribution in [3.05, 3.63) is 58.8 Å². The largest absolute Gasteiger partial charge is 0.493 e. The Labute approximate surface area is 160 Å². The van der Waals surface area contributed by atoms with Gasteiger partial charge in [-0.3, -0.25) is 0 Å². The molecule has 0 radical (unpaired) electrons. The quantitative estimate of drug-likeness (QED) is 0.679. The Bertz CT molecular complexity index is 960. The van der Waals surface area contributed by atoms with E-state index < -0.39 is 0 Å². The highest BCUT2D eigenvalue weighted by Gasteiger charge is 2.31. The fourth-order valence-corrected chi connectivity index (χ4v) is 4.46. The molecular formula is C23H28N2O2. The molecule has 0 saturated carbocycles. The summed E-state index contributed by atoms with van der Waals surface area (Å²) in [6.45, 7) is 5.42. The van der Waals surface area contributed by atoms with E-state index in [9.17, 15) is 0 Å². The molecule has 4 nitrogen and oxygen atoms in total. The van der Waals surface area contributed by atoms with E-state index in [0.717, 1.165) is 30.9 Å². The standard InChI is InChI=1S/C23H28N2O2/c1-5-16(15-7-9-20(26-3)21(13-15)27-4)22-23-17(10-11-24-22)18-12-14(2)6-8-19(18)25-23/h6-9,12-13,16,22,24-25H,5,10-11H2,1-4H3. The molecule has 0 spiro atoms. The molecule has 2 unspecified atom stereocenters. The summed E-state index contributed by atoms with van der Waals surface area (Å²) in [6, 6.07) is 13.3. The van der Waals surface area contributed by atoms with E-state index in [1.165, 1.54) is 33.3 Å². The molecule has 0 saturated heterocycles. The van der Waals surface area contributed by atoms with Gasteiger partial charge < -0.3 is 19.8 Å². The third-order valence-electron chi connectivity index (χ3n) is 5.82. The number of aryl methyl sites for hydroxylation is 1. The fraction of sp³-hybridized carbons (Fsp3) is 0.391. The Morgan fingerprint density at radius 1 is 1.07 bits per heavy atom. The molecule has 1 aliphatic heterocycles. The lowest BCUT2D eigenvalue weighted by molar-refractivity contribution is 0.352. The van der Waals surface area contributed by atoms with Crippen molar-refractivity contribution in [3.63, 3.8) is 0 Å². The number of benzene rings is 2. The molecule has 2 atom stereocenters. The van der Waals surface area contributed by atoms with E-state index in [0.29, 0.717) is 5.92 Å². The molecule has 0 amide bonds. The number of ether oxygens (including phenoxy) is 2. The maximum Gasteiger partial charge on any atom is 0.160 e. The van der Waals surface area contributed by atoms with Crippen LogP contribution in [-0.2, 0) is 6.42 Å². The SMILES string of the molecule is CCC(c1ccc(OC)c(OC)c1)C1NCCc2c1[nH]c1ccc(C)cc21. The zero-order chi connectivity index (χ0) is 19.0. The fourth-order valence-electron chi connectivity index (χ4n) is 4.46. The molecular weight excluding hydrogens is 336 g/mol. The summed E-state index contributed by atoms with van der Waals surface area (Å²) in [5.74, 6) is 1.92. The molecule has 0 bridgehead atoms. The normalized spacial score (nSPS) is 17.6. The first-order valence-corrected chi connectivity index (χ1v) is 9.72. The van der Waals surface area contributed by atoms with Gasteiger partial charge in [-0.05, 0) is 61.7 Å². The van der Waals surface area contributed by atoms with Gasteiger partial charge >= 0.3 is 0 Å². The first kappa shape index (κ1) is 17.9. The number of hydrogen-bond acceptors (Lipinski definition) is 3. The Hall–Kier alpha value is -2.46. The Morgan fingerprint density at radius 2 is 1.89 bits per heavy atom. The minimum atomic E-state index is 0.268. The van der Waals surface area contributed by atoms with E-state index in [4.69, 9.17) is 9.47 Å². The average Bonchev–Trinajstić information content (AvgIpc) is 3.07. The predicted molar refractivity (Wildman–Crippen MR) is 110 cm³/mol. The van der Waals surface area contributed by atoms with E-state index in [1.807, 2.05) is 6.07 Å². The van der Waals surface area contributed by atoms with E-state index >= 15 is 0 Å². The van der Waals surface area contributed by atoms with Gasteiger partial charge in [-0.1, -0.05) is 24.6 Å². The molecule has 2 aromatic carbocycles. The monoisotopic (exact) mass is 364 g/mol. The lowest BCUT2D eigenvalue weighted by Gasteiger charge is -2.32. The number of aromatic nitrogens is 1. The maximum absolute atomic E-state index is 5.54. The van der Waals surface area contributed by atoms with Crippen LogP contribution in [0.4, 0.5) is 0 Å². The van der Waals surface area contributed by atoms with Crippen LogP contribution in [0.5, 0.6) is 11.5 Å². The molecule has 4 heteroatoms. The van der Waals surface area contributed by atoms with Gasteiger partial charge in [0.05, 0.1) is 20.3 Å². The average molecular weight is 364 g/mol. The van der Waals surface area contributed by atoms with Crippen LogP contribution in [0, 0.1) is 6.92 Å². The number of nitrogens with one attached hydrogen (secondary N) is 2. The van der Waals surface area contributed by atoms with Crippen molar-refractivity contribution < 1.29 is 9.47 Å². The smallest absolute Gasteiger partial charge is 0.160 e. The van der Waals surface area contributed by atoms with Crippen molar-refractivity contribution in [2.75, 3.05) is 20.8 Å². The van der Waals surface area contributed by atoms with Gasteiger partial charge in [0.1, 0.15) is 0 Å². The van der Waals surface area contributed by atoms with Crippen LogP contribution in [0.25, 0.3) is 10.9 Å². The van der Waals surface area contributed by atoms with E-state index in [1.54, 1.807) is 14.2 Å². The summed E-state index contributed by atoms with van der Waals surface area (Å²) in [5, 5.41) is 5.14. The van der Waals surface area contributed by atoms with Gasteiger partial charge in [-0.2, -0.15) is 0 Å². The van der Waals surface area contributed by atoms with Crippen molar-refractivity contribution in [3.8, 4) is 11.5 Å². The van der Waals surface area contributed by atoms with E-state index in [2.05, 4.69) is 54.5 Å². The first-order valence-electron chi connectivity index (χ1n) is 9.72. The van der Waals surface area contributed by atoms with Crippen LogP contribution in [0.2, 0.25) is 0 Å². The maximum atomic E-state index is 5.54. The second kappa shape index (κ2) is 7.28. The van der Waals surface area contributed by atoms with Crippen molar-refractivity contribution in [2.45, 2.75) is 38.6 Å². The van der Waals surface area contributed by atoms with Crippen LogP contribution in [0.15, 0.2) is 36.4 Å². The number of fused-ring (bicyclic) bond motifs is 3. The number of methoxy groups -OCH3 is 2. The molecule has 2 heterocycles. The second-order valence-electron chi connectivity index (χ2n) is 7.38. The lowest BCUT2D eigenvalue weighted by atomic mass is 9.83. The van der Waals surface area contributed by atoms with Crippen molar-refractivity contribution in [2.24, 2.45) is 0 Å². The van der Waals surface area contributed by atoms with E-state index in [-0.39, 0.29) is 6.04 Å². The lowest BCUT2D eigenvalue weighted by Crippen LogP contribution is -2.33. The zero-order valence-electron chi connectivity index (χ0n) is 16.6. The van der Waals surface area contributed by atoms with Crippen LogP contribution in [0.3, 0.4) is 0 Å². The van der Waals surface area contributed by atoms with Crippen molar-refractivity contribution in [1.82, 2.24) is 10.3 Å². The molecule has 142 valence electrons. The van der Waals surface area contributed by atoms with Gasteiger partial charge in [0.25, 0.3) is 0 Å². The molecule has 1 aliphatic rings. The minimum absolute atomic E-state index is 0.268. The summed E-state index contributed by atoms with van der Waals surface area (Å²) in [6.07, 6.45) is 2.11. The topological polar surface area (TPSA) is 46.3 Å². The van der Waals surface area contributed by atoms with Crippen LogP contribution in [0.1, 0.15) is 47.7 Å². The number of rotatable bonds is 5. The molecule has 27 heavy (non-hydrogen) atoms. The van der Waals surface area contributed by atoms with Gasteiger partial charge in [0, 0.05) is 22.5 Å². The van der Waals surface area contributed by atoms with Gasteiger partial charge in [-0.15, -0.1) is 0 Å². The molecule has 2 N–H and O–H groups in total. The molecule has 0 aliphatic carbocycles. The Balaban J connectivity index is 1.78. The Morgan fingerprint density at radius 3 is 2.63 bits per heavy atom. The number of hydrogen-bond donors (Lipinski definition) is 2. The highest BCUT2D eigenvalue weighted by molar-refractivity contribution is 5.86. The third kappa shape index (κ3) is 3.08. The van der Waals surface area contributed by atoms with Crippen LogP contribution >= 0.6 is 0 Å². The first-order chi connectivity index (χ1) is 13.2. The molecule has 1 aromatic heterocycles. The highest BCUT2D eigenvalue weighted by Crippen LogP contribution is 2.41. The summed E-state index contributed by atoms with van der Waals surface area (Å²) >= 11 is 0. The highest BCUT2D eigenvalue weighted by atomic mass is 16.5. The zero-order valence-corrected chi connectivity index (χ0v) is 16.6. The van der Waals surface area contributed by atoms with Crippen molar-refractivity contribution in [1.29, 1.82) is 0 Å². The van der Waals surface area contributed by atoms with Gasteiger partial charge in [-0.25, -0.2) is 0 Å². The molecule has 3 aromatic rings. The summed E-state index contributed by atoms with van der Waals surface area (Å²) in [7, 11) is 3.37. The van der Waals surface area contributed by atoms with Crippen LogP contribution < -0.4 is 14.8 Å². The predicted octanol–water partition coefficient (Wildman–Crippen LogP) is 4.87.